The van der Waals surface area contributed by atoms with Crippen LogP contribution in [-0.4, -0.2) is 24.7 Å². The lowest BCUT2D eigenvalue weighted by molar-refractivity contribution is 0.246. The third kappa shape index (κ3) is 3.04. The molecule has 1 N–H and O–H groups in total. The summed E-state index contributed by atoms with van der Waals surface area (Å²) in [5.41, 5.74) is 3.03. The van der Waals surface area contributed by atoms with Gasteiger partial charge in [0.25, 0.3) is 0 Å². The van der Waals surface area contributed by atoms with E-state index < -0.39 is 0 Å². The number of benzene rings is 1. The van der Waals surface area contributed by atoms with Crippen molar-refractivity contribution >= 4 is 21.6 Å². The molecule has 1 heterocycles. The molecule has 2 nitrogen and oxygen atoms in total. The van der Waals surface area contributed by atoms with Gasteiger partial charge in [-0.05, 0) is 49.9 Å². The van der Waals surface area contributed by atoms with Gasteiger partial charge < -0.3 is 10.2 Å². The van der Waals surface area contributed by atoms with Crippen LogP contribution in [0.15, 0.2) is 22.7 Å². The lowest BCUT2D eigenvalue weighted by Gasteiger charge is -2.49. The number of halogens is 1. The first-order chi connectivity index (χ1) is 9.55. The number of anilines is 1. The Morgan fingerprint density at radius 2 is 2.00 bits per heavy atom. The number of rotatable bonds is 4. The van der Waals surface area contributed by atoms with E-state index in [1.54, 1.807) is 0 Å². The second kappa shape index (κ2) is 6.48. The number of nitrogens with zero attached hydrogens (tertiary/aromatic N) is 1. The molecule has 3 heteroatoms. The minimum atomic E-state index is 0.269. The summed E-state index contributed by atoms with van der Waals surface area (Å²) in [5, 5.41) is 3.81. The van der Waals surface area contributed by atoms with Gasteiger partial charge >= 0.3 is 0 Å². The van der Waals surface area contributed by atoms with E-state index in [0.717, 1.165) is 13.1 Å². The maximum Gasteiger partial charge on any atom is 0.0413 e. The zero-order chi connectivity index (χ0) is 14.8. The van der Waals surface area contributed by atoms with Crippen molar-refractivity contribution in [1.29, 1.82) is 0 Å². The Hall–Kier alpha value is -0.540. The summed E-state index contributed by atoms with van der Waals surface area (Å²) in [6, 6.07) is 7.25. The molecule has 0 radical (unpaired) electrons. The lowest BCUT2D eigenvalue weighted by Crippen LogP contribution is -2.64. The molecule has 1 saturated heterocycles. The molecule has 0 aromatic heterocycles. The zero-order valence-electron chi connectivity index (χ0n) is 13.2. The molecule has 0 bridgehead atoms. The fourth-order valence-electron chi connectivity index (χ4n) is 3.27. The predicted octanol–water partition coefficient (Wildman–Crippen LogP) is 4.50. The highest BCUT2D eigenvalue weighted by molar-refractivity contribution is 9.10. The van der Waals surface area contributed by atoms with Crippen LogP contribution >= 0.6 is 15.9 Å². The Morgan fingerprint density at radius 1 is 1.30 bits per heavy atom. The molecule has 1 atom stereocenters. The first-order valence-electron chi connectivity index (χ1n) is 7.83. The molecular weight excluding hydrogens is 312 g/mol. The molecule has 1 fully saturated rings. The van der Waals surface area contributed by atoms with E-state index in [9.17, 15) is 0 Å². The van der Waals surface area contributed by atoms with Crippen LogP contribution in [0.3, 0.4) is 0 Å². The largest absolute Gasteiger partial charge is 0.365 e. The van der Waals surface area contributed by atoms with Crippen molar-refractivity contribution in [3.05, 3.63) is 28.2 Å². The summed E-state index contributed by atoms with van der Waals surface area (Å²) in [4.78, 5) is 2.63. The molecule has 0 spiro atoms. The first-order valence-corrected chi connectivity index (χ1v) is 8.62. The minimum Gasteiger partial charge on any atom is -0.365 e. The van der Waals surface area contributed by atoms with Crippen molar-refractivity contribution in [2.24, 2.45) is 0 Å². The van der Waals surface area contributed by atoms with Gasteiger partial charge in [-0.25, -0.2) is 0 Å². The predicted molar refractivity (Wildman–Crippen MR) is 91.6 cm³/mol. The quantitative estimate of drug-likeness (QED) is 0.869. The molecular formula is C17H27BrN2. The van der Waals surface area contributed by atoms with Crippen molar-refractivity contribution in [3.8, 4) is 0 Å². The van der Waals surface area contributed by atoms with Gasteiger partial charge in [0, 0.05) is 34.8 Å². The van der Waals surface area contributed by atoms with Crippen LogP contribution in [-0.2, 0) is 0 Å². The standard InChI is InChI=1S/C17H27BrN2/c1-5-15-11-19-17(6-2,7-3)12-20(15)16-9-8-14(18)10-13(16)4/h8-10,15,19H,5-7,11-12H2,1-4H3. The Labute approximate surface area is 132 Å². The van der Waals surface area contributed by atoms with Crippen molar-refractivity contribution in [2.45, 2.75) is 58.5 Å². The molecule has 0 amide bonds. The van der Waals surface area contributed by atoms with E-state index in [-0.39, 0.29) is 5.54 Å². The molecule has 1 aromatic carbocycles. The Kier molecular flexibility index (Phi) is 5.14. The highest BCUT2D eigenvalue weighted by Crippen LogP contribution is 2.31. The molecule has 1 aliphatic heterocycles. The zero-order valence-corrected chi connectivity index (χ0v) is 14.8. The highest BCUT2D eigenvalue weighted by atomic mass is 79.9. The van der Waals surface area contributed by atoms with Gasteiger partial charge in [-0.3, -0.25) is 0 Å². The first kappa shape index (κ1) is 15.8. The second-order valence-electron chi connectivity index (χ2n) is 5.99. The van der Waals surface area contributed by atoms with E-state index in [0.29, 0.717) is 6.04 Å². The summed E-state index contributed by atoms with van der Waals surface area (Å²) in [6.45, 7) is 11.3. The number of hydrogen-bond acceptors (Lipinski definition) is 2. The molecule has 1 aliphatic rings. The molecule has 2 rings (SSSR count). The van der Waals surface area contributed by atoms with Crippen molar-refractivity contribution in [3.63, 3.8) is 0 Å². The Morgan fingerprint density at radius 3 is 2.55 bits per heavy atom. The number of piperazine rings is 1. The van der Waals surface area contributed by atoms with Crippen molar-refractivity contribution in [2.75, 3.05) is 18.0 Å². The second-order valence-corrected chi connectivity index (χ2v) is 6.90. The number of aryl methyl sites for hydroxylation is 1. The van der Waals surface area contributed by atoms with Gasteiger partial charge in [0.15, 0.2) is 0 Å². The van der Waals surface area contributed by atoms with Crippen molar-refractivity contribution in [1.82, 2.24) is 5.32 Å². The molecule has 112 valence electrons. The van der Waals surface area contributed by atoms with E-state index in [2.05, 4.69) is 72.0 Å². The summed E-state index contributed by atoms with van der Waals surface area (Å²) < 4.78 is 1.17. The van der Waals surface area contributed by atoms with Gasteiger partial charge in [-0.1, -0.05) is 36.7 Å². The molecule has 20 heavy (non-hydrogen) atoms. The summed E-state index contributed by atoms with van der Waals surface area (Å²) in [5.74, 6) is 0. The average Bonchev–Trinajstić information content (AvgIpc) is 2.46. The number of hydrogen-bond donors (Lipinski definition) is 1. The smallest absolute Gasteiger partial charge is 0.0413 e. The Bertz CT molecular complexity index is 454. The van der Waals surface area contributed by atoms with Gasteiger partial charge in [-0.2, -0.15) is 0 Å². The fourth-order valence-corrected chi connectivity index (χ4v) is 3.74. The molecule has 0 saturated carbocycles. The lowest BCUT2D eigenvalue weighted by atomic mass is 9.87. The van der Waals surface area contributed by atoms with Crippen LogP contribution in [0.4, 0.5) is 5.69 Å². The average molecular weight is 339 g/mol. The molecule has 0 aliphatic carbocycles. The maximum absolute atomic E-state index is 3.81. The van der Waals surface area contributed by atoms with Crippen LogP contribution in [0, 0.1) is 6.92 Å². The van der Waals surface area contributed by atoms with E-state index in [1.165, 1.54) is 35.0 Å². The normalized spacial score (nSPS) is 22.1. The van der Waals surface area contributed by atoms with Gasteiger partial charge in [0.2, 0.25) is 0 Å². The SMILES string of the molecule is CCC1CNC(CC)(CC)CN1c1ccc(Br)cc1C. The van der Waals surface area contributed by atoms with Crippen molar-refractivity contribution < 1.29 is 0 Å². The maximum atomic E-state index is 3.81. The van der Waals surface area contributed by atoms with Crippen LogP contribution in [0.2, 0.25) is 0 Å². The summed E-state index contributed by atoms with van der Waals surface area (Å²) >= 11 is 3.57. The monoisotopic (exact) mass is 338 g/mol. The third-order valence-corrected chi connectivity index (χ3v) is 5.41. The van der Waals surface area contributed by atoms with Gasteiger partial charge in [0.1, 0.15) is 0 Å². The van der Waals surface area contributed by atoms with E-state index >= 15 is 0 Å². The van der Waals surface area contributed by atoms with Crippen LogP contribution < -0.4 is 10.2 Å². The van der Waals surface area contributed by atoms with Gasteiger partial charge in [-0.15, -0.1) is 0 Å². The summed E-state index contributed by atoms with van der Waals surface area (Å²) in [6.07, 6.45) is 3.56. The van der Waals surface area contributed by atoms with Crippen LogP contribution in [0.1, 0.15) is 45.6 Å². The third-order valence-electron chi connectivity index (χ3n) is 4.92. The molecule has 1 aromatic rings. The Balaban J connectivity index is 2.33. The topological polar surface area (TPSA) is 15.3 Å². The van der Waals surface area contributed by atoms with Crippen LogP contribution in [0.5, 0.6) is 0 Å². The minimum absolute atomic E-state index is 0.269. The van der Waals surface area contributed by atoms with E-state index in [4.69, 9.17) is 0 Å². The fraction of sp³-hybridized carbons (Fsp3) is 0.647. The highest BCUT2D eigenvalue weighted by Gasteiger charge is 2.36. The van der Waals surface area contributed by atoms with Crippen LogP contribution in [0.25, 0.3) is 0 Å². The number of nitrogens with one attached hydrogen (secondary N) is 1. The van der Waals surface area contributed by atoms with E-state index in [1.807, 2.05) is 0 Å². The summed E-state index contributed by atoms with van der Waals surface area (Å²) in [7, 11) is 0. The van der Waals surface area contributed by atoms with Gasteiger partial charge in [0.05, 0.1) is 0 Å². The molecule has 1 unspecified atom stereocenters.